The van der Waals surface area contributed by atoms with Gasteiger partial charge in [0.1, 0.15) is 5.82 Å². The van der Waals surface area contributed by atoms with E-state index in [1.54, 1.807) is 30.6 Å². The summed E-state index contributed by atoms with van der Waals surface area (Å²) in [4.78, 5) is 16.7. The second-order valence-electron chi connectivity index (χ2n) is 8.02. The van der Waals surface area contributed by atoms with Crippen LogP contribution in [0.5, 0.6) is 0 Å². The molecule has 0 aliphatic carbocycles. The fourth-order valence-electron chi connectivity index (χ4n) is 3.11. The largest absolute Gasteiger partial charge is 0.354 e. The van der Waals surface area contributed by atoms with E-state index in [2.05, 4.69) is 42.5 Å². The minimum atomic E-state index is -0.263. The Morgan fingerprint density at radius 2 is 1.76 bits per heavy atom. The Bertz CT molecular complexity index is 978. The van der Waals surface area contributed by atoms with Gasteiger partial charge in [0.2, 0.25) is 0 Å². The lowest BCUT2D eigenvalue weighted by Crippen LogP contribution is -2.25. The molecule has 29 heavy (non-hydrogen) atoms. The summed E-state index contributed by atoms with van der Waals surface area (Å²) in [5.41, 5.74) is 4.39. The average molecular weight is 391 g/mol. The third kappa shape index (κ3) is 5.64. The van der Waals surface area contributed by atoms with Gasteiger partial charge >= 0.3 is 0 Å². The van der Waals surface area contributed by atoms with Crippen LogP contribution in [0.25, 0.3) is 0 Å². The quantitative estimate of drug-likeness (QED) is 0.605. The van der Waals surface area contributed by atoms with Gasteiger partial charge in [-0.2, -0.15) is 0 Å². The summed E-state index contributed by atoms with van der Waals surface area (Å²) in [6, 6.07) is 16.2. The van der Waals surface area contributed by atoms with Gasteiger partial charge in [-0.25, -0.2) is 4.39 Å². The highest BCUT2D eigenvalue weighted by atomic mass is 19.1. The van der Waals surface area contributed by atoms with E-state index in [9.17, 15) is 9.18 Å². The lowest BCUT2D eigenvalue weighted by atomic mass is 9.86. The fourth-order valence-corrected chi connectivity index (χ4v) is 3.11. The number of anilines is 2. The van der Waals surface area contributed by atoms with E-state index in [0.717, 1.165) is 16.9 Å². The smallest absolute Gasteiger partial charge is 0.252 e. The van der Waals surface area contributed by atoms with Crippen molar-refractivity contribution in [3.8, 4) is 0 Å². The number of carbonyl (C=O) groups is 1. The number of benzene rings is 2. The summed E-state index contributed by atoms with van der Waals surface area (Å²) in [5, 5.41) is 6.27. The van der Waals surface area contributed by atoms with Crippen LogP contribution in [0.3, 0.4) is 0 Å². The molecule has 0 spiro atoms. The molecule has 0 aliphatic heterocycles. The summed E-state index contributed by atoms with van der Waals surface area (Å²) in [7, 11) is 0. The zero-order valence-corrected chi connectivity index (χ0v) is 17.0. The molecule has 5 heteroatoms. The molecule has 0 fully saturated rings. The van der Waals surface area contributed by atoms with Crippen LogP contribution in [-0.4, -0.2) is 17.4 Å². The Kier molecular flexibility index (Phi) is 6.27. The van der Waals surface area contributed by atoms with Crippen molar-refractivity contribution in [2.45, 2.75) is 32.6 Å². The van der Waals surface area contributed by atoms with E-state index in [1.165, 1.54) is 17.7 Å². The minimum Gasteiger partial charge on any atom is -0.354 e. The molecule has 2 aromatic carbocycles. The van der Waals surface area contributed by atoms with Gasteiger partial charge in [-0.1, -0.05) is 51.1 Å². The first kappa shape index (κ1) is 20.5. The van der Waals surface area contributed by atoms with Crippen LogP contribution in [-0.2, 0) is 11.8 Å². The summed E-state index contributed by atoms with van der Waals surface area (Å²) in [6.07, 6.45) is 3.89. The Balaban J connectivity index is 1.65. The third-order valence-corrected chi connectivity index (χ3v) is 4.63. The lowest BCUT2D eigenvalue weighted by molar-refractivity contribution is 0.0954. The van der Waals surface area contributed by atoms with E-state index < -0.39 is 0 Å². The number of para-hydroxylation sites is 1. The van der Waals surface area contributed by atoms with E-state index in [1.807, 2.05) is 18.2 Å². The van der Waals surface area contributed by atoms with Gasteiger partial charge in [-0.3, -0.25) is 9.78 Å². The number of amides is 1. The standard InChI is InChI=1S/C24H26FN3O/c1-24(2,3)21-6-4-5-7-22(21)28-20-14-18(15-26-16-20)23(29)27-13-12-17-8-10-19(25)11-9-17/h4-11,14-16,28H,12-13H2,1-3H3,(H,27,29). The van der Waals surface area contributed by atoms with Crippen LogP contribution < -0.4 is 10.6 Å². The van der Waals surface area contributed by atoms with Gasteiger partial charge in [-0.15, -0.1) is 0 Å². The first-order valence-electron chi connectivity index (χ1n) is 9.67. The Hall–Kier alpha value is -3.21. The molecule has 2 N–H and O–H groups in total. The lowest BCUT2D eigenvalue weighted by Gasteiger charge is -2.23. The Morgan fingerprint density at radius 3 is 2.48 bits per heavy atom. The number of nitrogens with one attached hydrogen (secondary N) is 2. The maximum absolute atomic E-state index is 13.0. The number of aromatic nitrogens is 1. The molecule has 0 unspecified atom stereocenters. The topological polar surface area (TPSA) is 54.0 Å². The molecule has 1 heterocycles. The van der Waals surface area contributed by atoms with Gasteiger partial charge < -0.3 is 10.6 Å². The molecule has 1 aromatic heterocycles. The first-order valence-corrected chi connectivity index (χ1v) is 9.67. The Morgan fingerprint density at radius 1 is 1.03 bits per heavy atom. The summed E-state index contributed by atoms with van der Waals surface area (Å²) < 4.78 is 13.0. The van der Waals surface area contributed by atoms with E-state index >= 15 is 0 Å². The van der Waals surface area contributed by atoms with E-state index in [0.29, 0.717) is 18.5 Å². The number of pyridine rings is 1. The second kappa shape index (κ2) is 8.86. The molecule has 0 saturated heterocycles. The van der Waals surface area contributed by atoms with Crippen molar-refractivity contribution >= 4 is 17.3 Å². The van der Waals surface area contributed by atoms with E-state index in [4.69, 9.17) is 0 Å². The number of hydrogen-bond donors (Lipinski definition) is 2. The maximum atomic E-state index is 13.0. The molecule has 150 valence electrons. The van der Waals surface area contributed by atoms with Crippen molar-refractivity contribution in [2.24, 2.45) is 0 Å². The predicted octanol–water partition coefficient (Wildman–Crippen LogP) is 5.23. The van der Waals surface area contributed by atoms with Gasteiger partial charge in [-0.05, 0) is 47.2 Å². The van der Waals surface area contributed by atoms with Crippen LogP contribution in [0.15, 0.2) is 67.0 Å². The SMILES string of the molecule is CC(C)(C)c1ccccc1Nc1cncc(C(=O)NCCc2ccc(F)cc2)c1. The van der Waals surface area contributed by atoms with Crippen molar-refractivity contribution in [3.63, 3.8) is 0 Å². The van der Waals surface area contributed by atoms with Crippen molar-refractivity contribution in [1.82, 2.24) is 10.3 Å². The number of hydrogen-bond acceptors (Lipinski definition) is 3. The molecule has 0 atom stereocenters. The molecular weight excluding hydrogens is 365 g/mol. The molecule has 3 rings (SSSR count). The third-order valence-electron chi connectivity index (χ3n) is 4.63. The van der Waals surface area contributed by atoms with Crippen LogP contribution in [0.4, 0.5) is 15.8 Å². The zero-order valence-electron chi connectivity index (χ0n) is 17.0. The van der Waals surface area contributed by atoms with Crippen molar-refractivity contribution in [3.05, 3.63) is 89.5 Å². The number of carbonyl (C=O) groups excluding carboxylic acids is 1. The maximum Gasteiger partial charge on any atom is 0.252 e. The normalized spacial score (nSPS) is 11.2. The van der Waals surface area contributed by atoms with Gasteiger partial charge in [0.25, 0.3) is 5.91 Å². The molecule has 0 bridgehead atoms. The summed E-state index contributed by atoms with van der Waals surface area (Å²) in [6.45, 7) is 6.96. The predicted molar refractivity (Wildman–Crippen MR) is 115 cm³/mol. The highest BCUT2D eigenvalue weighted by molar-refractivity contribution is 5.94. The van der Waals surface area contributed by atoms with Crippen LogP contribution in [0.1, 0.15) is 42.3 Å². The fraction of sp³-hybridized carbons (Fsp3) is 0.250. The van der Waals surface area contributed by atoms with E-state index in [-0.39, 0.29) is 17.1 Å². The van der Waals surface area contributed by atoms with Crippen LogP contribution >= 0.6 is 0 Å². The number of rotatable bonds is 6. The number of halogens is 1. The van der Waals surface area contributed by atoms with Crippen molar-refractivity contribution in [2.75, 3.05) is 11.9 Å². The first-order chi connectivity index (χ1) is 13.8. The van der Waals surface area contributed by atoms with Crippen LogP contribution in [0.2, 0.25) is 0 Å². The molecule has 1 amide bonds. The molecule has 3 aromatic rings. The Labute approximate surface area is 171 Å². The zero-order chi connectivity index (χ0) is 20.9. The molecule has 0 saturated carbocycles. The average Bonchev–Trinajstić information content (AvgIpc) is 2.69. The van der Waals surface area contributed by atoms with Crippen molar-refractivity contribution in [1.29, 1.82) is 0 Å². The highest BCUT2D eigenvalue weighted by Gasteiger charge is 2.17. The minimum absolute atomic E-state index is 0.00758. The van der Waals surface area contributed by atoms with Crippen molar-refractivity contribution < 1.29 is 9.18 Å². The van der Waals surface area contributed by atoms with Gasteiger partial charge in [0.15, 0.2) is 0 Å². The second-order valence-corrected chi connectivity index (χ2v) is 8.02. The summed E-state index contributed by atoms with van der Waals surface area (Å²) >= 11 is 0. The highest BCUT2D eigenvalue weighted by Crippen LogP contribution is 2.31. The van der Waals surface area contributed by atoms with Gasteiger partial charge in [0.05, 0.1) is 17.4 Å². The monoisotopic (exact) mass is 391 g/mol. The molecule has 0 radical (unpaired) electrons. The number of nitrogens with zero attached hydrogens (tertiary/aromatic N) is 1. The summed E-state index contributed by atoms with van der Waals surface area (Å²) in [5.74, 6) is -0.450. The molecule has 0 aliphatic rings. The molecular formula is C24H26FN3O. The molecule has 4 nitrogen and oxygen atoms in total. The van der Waals surface area contributed by atoms with Crippen LogP contribution in [0, 0.1) is 5.82 Å². The van der Waals surface area contributed by atoms with Gasteiger partial charge in [0, 0.05) is 18.4 Å².